The van der Waals surface area contributed by atoms with Crippen LogP contribution in [-0.2, 0) is 0 Å². The van der Waals surface area contributed by atoms with Gasteiger partial charge in [0.1, 0.15) is 11.6 Å². The largest absolute Gasteiger partial charge is 0.292 e. The van der Waals surface area contributed by atoms with Gasteiger partial charge in [-0.05, 0) is 118 Å². The van der Waals surface area contributed by atoms with E-state index in [4.69, 9.17) is 19.9 Å². The summed E-state index contributed by atoms with van der Waals surface area (Å²) >= 11 is 0. The summed E-state index contributed by atoms with van der Waals surface area (Å²) in [6.07, 6.45) is 3.57. The Balaban J connectivity index is 0.949. The quantitative estimate of drug-likeness (QED) is 0.137. The first-order chi connectivity index (χ1) is 35.7. The Morgan fingerprint density at radius 2 is 0.625 bits per heavy atom. The Hall–Kier alpha value is -9.85. The summed E-state index contributed by atoms with van der Waals surface area (Å²) in [5.74, 6) is 2.40. The van der Waals surface area contributed by atoms with E-state index in [9.17, 15) is 0 Å². The smallest absolute Gasteiger partial charge is 0.160 e. The molecule has 0 bridgehead atoms. The van der Waals surface area contributed by atoms with Gasteiger partial charge < -0.3 is 0 Å². The number of pyridine rings is 1. The lowest BCUT2D eigenvalue weighted by molar-refractivity contribution is 1.10. The molecule has 4 aromatic heterocycles. The highest BCUT2D eigenvalue weighted by Crippen LogP contribution is 2.38. The summed E-state index contributed by atoms with van der Waals surface area (Å²) in [7, 11) is 0. The van der Waals surface area contributed by atoms with Crippen LogP contribution in [0.5, 0.6) is 0 Å². The summed E-state index contributed by atoms with van der Waals surface area (Å²) in [4.78, 5) is 25.1. The molecule has 0 unspecified atom stereocenters. The average molecular weight is 922 g/mol. The normalized spacial score (nSPS) is 11.3. The summed E-state index contributed by atoms with van der Waals surface area (Å²) in [6.45, 7) is 0. The van der Waals surface area contributed by atoms with Crippen molar-refractivity contribution in [2.24, 2.45) is 0 Å². The van der Waals surface area contributed by atoms with Gasteiger partial charge in [0, 0.05) is 51.6 Å². The molecular weight excluding hydrogens is 879 g/mol. The van der Waals surface area contributed by atoms with Crippen molar-refractivity contribution < 1.29 is 0 Å². The third-order valence-corrected chi connectivity index (χ3v) is 13.3. The molecule has 7 heteroatoms. The van der Waals surface area contributed by atoms with Crippen LogP contribution >= 0.6 is 0 Å². The topological polar surface area (TPSA) is 74.3 Å². The molecular formula is C65H43N7. The van der Waals surface area contributed by atoms with E-state index >= 15 is 0 Å². The van der Waals surface area contributed by atoms with Gasteiger partial charge in [-0.1, -0.05) is 164 Å². The van der Waals surface area contributed by atoms with E-state index < -0.39 is 0 Å². The molecule has 0 saturated heterocycles. The standard InChI is InChI=1S/C65H43N7/c1-4-14-44(15-5-1)45-24-30-48(31-25-45)59-43-60(68-63(67-59)49-36-38-66-39-37-49)54-41-52(46-26-32-50(33-27-46)64-69-57-20-10-12-22-61(57)71(64)55-16-6-2-7-17-55)40-53(42-54)47-28-34-51(35-29-47)65-70-58-21-11-13-23-62(58)72(65)56-18-8-3-9-19-56/h1-43H. The summed E-state index contributed by atoms with van der Waals surface area (Å²) < 4.78 is 4.48. The molecule has 0 spiro atoms. The predicted molar refractivity (Wildman–Crippen MR) is 293 cm³/mol. The van der Waals surface area contributed by atoms with E-state index in [-0.39, 0.29) is 0 Å². The number of benzene rings is 9. The first-order valence-corrected chi connectivity index (χ1v) is 24.1. The van der Waals surface area contributed by atoms with Crippen LogP contribution in [0.2, 0.25) is 0 Å². The van der Waals surface area contributed by atoms with Crippen LogP contribution in [0.1, 0.15) is 0 Å². The minimum Gasteiger partial charge on any atom is -0.292 e. The van der Waals surface area contributed by atoms with Gasteiger partial charge in [-0.15, -0.1) is 0 Å². The van der Waals surface area contributed by atoms with Crippen molar-refractivity contribution in [2.45, 2.75) is 0 Å². The van der Waals surface area contributed by atoms with Crippen LogP contribution in [0, 0.1) is 0 Å². The van der Waals surface area contributed by atoms with Crippen molar-refractivity contribution in [3.8, 4) is 101 Å². The highest BCUT2D eigenvalue weighted by Gasteiger charge is 2.18. The van der Waals surface area contributed by atoms with E-state index in [1.54, 1.807) is 12.4 Å². The zero-order chi connectivity index (χ0) is 47.8. The SMILES string of the molecule is c1ccc(-c2ccc(-c3cc(-c4cc(-c5ccc(-c6nc7ccccc7n6-c6ccccc6)cc5)cc(-c5ccc(-c6nc7ccccc7n6-c6ccccc6)cc5)c4)nc(-c4ccncc4)n3)cc2)cc1. The number of aromatic nitrogens is 7. The maximum atomic E-state index is 5.30. The third-order valence-electron chi connectivity index (χ3n) is 13.3. The van der Waals surface area contributed by atoms with Crippen LogP contribution in [0.4, 0.5) is 0 Å². The first kappa shape index (κ1) is 42.3. The monoisotopic (exact) mass is 921 g/mol. The lowest BCUT2D eigenvalue weighted by Crippen LogP contribution is -1.98. The maximum Gasteiger partial charge on any atom is 0.160 e. The molecule has 0 amide bonds. The Morgan fingerprint density at radius 1 is 0.250 bits per heavy atom. The van der Waals surface area contributed by atoms with Crippen molar-refractivity contribution in [1.82, 2.24) is 34.1 Å². The minimum absolute atomic E-state index is 0.625. The molecule has 338 valence electrons. The van der Waals surface area contributed by atoms with E-state index in [1.165, 1.54) is 5.56 Å². The van der Waals surface area contributed by atoms with Crippen LogP contribution in [0.25, 0.3) is 124 Å². The maximum absolute atomic E-state index is 5.30. The van der Waals surface area contributed by atoms with Gasteiger partial charge in [-0.2, -0.15) is 0 Å². The van der Waals surface area contributed by atoms with Crippen molar-refractivity contribution >= 4 is 22.1 Å². The van der Waals surface area contributed by atoms with Gasteiger partial charge in [0.25, 0.3) is 0 Å². The fraction of sp³-hybridized carbons (Fsp3) is 0. The van der Waals surface area contributed by atoms with Gasteiger partial charge in [-0.3, -0.25) is 14.1 Å². The molecule has 0 fully saturated rings. The van der Waals surface area contributed by atoms with E-state index in [0.29, 0.717) is 5.82 Å². The second-order valence-corrected chi connectivity index (χ2v) is 17.8. The summed E-state index contributed by atoms with van der Waals surface area (Å²) in [5, 5.41) is 0. The summed E-state index contributed by atoms with van der Waals surface area (Å²) in [6, 6.07) is 86.9. The molecule has 0 aliphatic heterocycles. The highest BCUT2D eigenvalue weighted by atomic mass is 15.1. The van der Waals surface area contributed by atoms with Crippen molar-refractivity contribution in [1.29, 1.82) is 0 Å². The zero-order valence-corrected chi connectivity index (χ0v) is 39.0. The molecule has 0 atom stereocenters. The van der Waals surface area contributed by atoms with Crippen molar-refractivity contribution in [3.05, 3.63) is 261 Å². The number of rotatable bonds is 10. The Bertz CT molecular complexity index is 3860. The second kappa shape index (κ2) is 18.2. The number of imidazole rings is 2. The molecule has 13 rings (SSSR count). The fourth-order valence-electron chi connectivity index (χ4n) is 9.69. The Labute approximate surface area is 416 Å². The molecule has 7 nitrogen and oxygen atoms in total. The van der Waals surface area contributed by atoms with Gasteiger partial charge >= 0.3 is 0 Å². The zero-order valence-electron chi connectivity index (χ0n) is 39.0. The molecule has 0 saturated carbocycles. The molecule has 4 heterocycles. The van der Waals surface area contributed by atoms with Gasteiger partial charge in [-0.25, -0.2) is 19.9 Å². The number of para-hydroxylation sites is 6. The second-order valence-electron chi connectivity index (χ2n) is 17.8. The highest BCUT2D eigenvalue weighted by molar-refractivity contribution is 5.87. The van der Waals surface area contributed by atoms with Crippen molar-refractivity contribution in [2.75, 3.05) is 0 Å². The number of hydrogen-bond donors (Lipinski definition) is 0. The van der Waals surface area contributed by atoms with Crippen LogP contribution in [0.15, 0.2) is 261 Å². The number of hydrogen-bond acceptors (Lipinski definition) is 5. The molecule has 0 aliphatic rings. The molecule has 0 aliphatic carbocycles. The van der Waals surface area contributed by atoms with Crippen LogP contribution in [-0.4, -0.2) is 34.1 Å². The molecule has 0 radical (unpaired) electrons. The van der Waals surface area contributed by atoms with Crippen molar-refractivity contribution in [3.63, 3.8) is 0 Å². The third kappa shape index (κ3) is 8.00. The lowest BCUT2D eigenvalue weighted by Gasteiger charge is -2.14. The van der Waals surface area contributed by atoms with Gasteiger partial charge in [0.2, 0.25) is 0 Å². The Morgan fingerprint density at radius 3 is 1.12 bits per heavy atom. The number of nitrogens with zero attached hydrogens (tertiary/aromatic N) is 7. The van der Waals surface area contributed by atoms with Gasteiger partial charge in [0.15, 0.2) is 5.82 Å². The fourth-order valence-corrected chi connectivity index (χ4v) is 9.69. The molecule has 0 N–H and O–H groups in total. The first-order valence-electron chi connectivity index (χ1n) is 24.1. The minimum atomic E-state index is 0.625. The average Bonchev–Trinajstić information content (AvgIpc) is 4.06. The summed E-state index contributed by atoms with van der Waals surface area (Å²) in [5.41, 5.74) is 19.2. The molecule has 13 aromatic rings. The van der Waals surface area contributed by atoms with E-state index in [2.05, 4.69) is 220 Å². The lowest BCUT2D eigenvalue weighted by atomic mass is 9.93. The molecule has 72 heavy (non-hydrogen) atoms. The van der Waals surface area contributed by atoms with E-state index in [1.807, 2.05) is 42.5 Å². The number of fused-ring (bicyclic) bond motifs is 2. The van der Waals surface area contributed by atoms with Crippen LogP contribution in [0.3, 0.4) is 0 Å². The van der Waals surface area contributed by atoms with E-state index in [0.717, 1.165) is 112 Å². The predicted octanol–water partition coefficient (Wildman–Crippen LogP) is 15.9. The molecule has 9 aromatic carbocycles. The van der Waals surface area contributed by atoms with Crippen LogP contribution < -0.4 is 0 Å². The van der Waals surface area contributed by atoms with Gasteiger partial charge in [0.05, 0.1) is 33.5 Å². The Kier molecular flexibility index (Phi) is 10.7.